The second-order valence-electron chi connectivity index (χ2n) is 10.4. The van der Waals surface area contributed by atoms with E-state index in [-0.39, 0.29) is 5.91 Å². The van der Waals surface area contributed by atoms with Crippen LogP contribution in [0.25, 0.3) is 0 Å². The maximum Gasteiger partial charge on any atom is 0.255 e. The molecule has 0 fully saturated rings. The molecule has 1 heterocycles. The summed E-state index contributed by atoms with van der Waals surface area (Å²) in [5.41, 5.74) is 6.81. The minimum atomic E-state index is -0.179. The number of aromatic nitrogens is 1. The summed E-state index contributed by atoms with van der Waals surface area (Å²) in [5.74, 6) is 1.01. The molecule has 2 rings (SSSR count). The smallest absolute Gasteiger partial charge is 0.255 e. The molecule has 210 valence electrons. The number of benzene rings is 1. The summed E-state index contributed by atoms with van der Waals surface area (Å²) >= 11 is 0. The van der Waals surface area contributed by atoms with Gasteiger partial charge in [-0.2, -0.15) is 0 Å². The molecule has 0 saturated heterocycles. The zero-order valence-corrected chi connectivity index (χ0v) is 24.7. The quantitative estimate of drug-likeness (QED) is 0.222. The zero-order chi connectivity index (χ0) is 28.5. The molecule has 1 aromatic heterocycles. The Bertz CT molecular complexity index is 1150. The predicted molar refractivity (Wildman–Crippen MR) is 163 cm³/mol. The second kappa shape index (κ2) is 17.8. The monoisotopic (exact) mass is 530 g/mol. The van der Waals surface area contributed by atoms with Crippen LogP contribution in [0.2, 0.25) is 0 Å². The Morgan fingerprint density at radius 1 is 0.795 bits per heavy atom. The Balaban J connectivity index is 2.06. The number of hydrogen-bond donors (Lipinski definition) is 1. The van der Waals surface area contributed by atoms with Crippen LogP contribution in [0.4, 0.5) is 0 Å². The van der Waals surface area contributed by atoms with Crippen LogP contribution in [0.15, 0.2) is 89.3 Å². The van der Waals surface area contributed by atoms with Crippen LogP contribution in [-0.2, 0) is 6.42 Å². The van der Waals surface area contributed by atoms with E-state index in [1.165, 1.54) is 22.3 Å². The van der Waals surface area contributed by atoms with Gasteiger partial charge in [-0.05, 0) is 122 Å². The number of allylic oxidation sites excluding steroid dienone is 6. The van der Waals surface area contributed by atoms with Crippen molar-refractivity contribution in [2.24, 2.45) is 0 Å². The number of pyridine rings is 1. The fourth-order valence-corrected chi connectivity index (χ4v) is 3.80. The number of carbonyl (C=O) groups excluding carboxylic acids is 1. The molecule has 5 heteroatoms. The van der Waals surface area contributed by atoms with E-state index < -0.39 is 0 Å². The van der Waals surface area contributed by atoms with E-state index in [9.17, 15) is 4.79 Å². The molecule has 5 nitrogen and oxygen atoms in total. The second-order valence-corrected chi connectivity index (χ2v) is 10.4. The lowest BCUT2D eigenvalue weighted by Crippen LogP contribution is -2.26. The first-order valence-electron chi connectivity index (χ1n) is 13.9. The Hall–Kier alpha value is -3.60. The first-order valence-corrected chi connectivity index (χ1v) is 13.9. The average Bonchev–Trinajstić information content (AvgIpc) is 2.89. The number of rotatable bonds is 16. The van der Waals surface area contributed by atoms with Crippen molar-refractivity contribution in [1.29, 1.82) is 0 Å². The molecular weight excluding hydrogens is 484 g/mol. The standard InChI is InChI=1S/C34H46N2O3/c1-26(2)9-7-11-28(5)18-23-38-31-13-14-33(39-24-19-29(6)12-8-10-27(3)4)32(25-31)34(37)36-22-17-30-15-20-35-21-16-30/h9-10,13-16,18-21,25H,7-8,11-12,17,22-24H2,1-6H3,(H,36,37). The summed E-state index contributed by atoms with van der Waals surface area (Å²) < 4.78 is 12.0. The van der Waals surface area contributed by atoms with Gasteiger partial charge in [0, 0.05) is 18.9 Å². The molecule has 0 unspecified atom stereocenters. The van der Waals surface area contributed by atoms with Crippen LogP contribution in [-0.4, -0.2) is 30.6 Å². The minimum absolute atomic E-state index is 0.179. The van der Waals surface area contributed by atoms with E-state index in [0.717, 1.165) is 37.7 Å². The van der Waals surface area contributed by atoms with Crippen molar-refractivity contribution in [3.8, 4) is 11.5 Å². The predicted octanol–water partition coefficient (Wildman–Crippen LogP) is 8.20. The number of nitrogens with zero attached hydrogens (tertiary/aromatic N) is 1. The lowest BCUT2D eigenvalue weighted by molar-refractivity contribution is 0.0950. The number of amides is 1. The van der Waals surface area contributed by atoms with Gasteiger partial charge in [-0.15, -0.1) is 0 Å². The van der Waals surface area contributed by atoms with Crippen molar-refractivity contribution >= 4 is 5.91 Å². The largest absolute Gasteiger partial charge is 0.490 e. The molecule has 0 bridgehead atoms. The molecule has 39 heavy (non-hydrogen) atoms. The molecule has 0 aliphatic carbocycles. The molecule has 1 amide bonds. The molecule has 1 N–H and O–H groups in total. The van der Waals surface area contributed by atoms with E-state index in [4.69, 9.17) is 9.47 Å². The molecule has 1 aromatic carbocycles. The number of hydrogen-bond acceptors (Lipinski definition) is 4. The fourth-order valence-electron chi connectivity index (χ4n) is 3.80. The van der Waals surface area contributed by atoms with E-state index in [1.807, 2.05) is 24.3 Å². The highest BCUT2D eigenvalue weighted by Gasteiger charge is 2.14. The van der Waals surface area contributed by atoms with E-state index >= 15 is 0 Å². The minimum Gasteiger partial charge on any atom is -0.490 e. The van der Waals surface area contributed by atoms with Gasteiger partial charge in [0.2, 0.25) is 0 Å². The van der Waals surface area contributed by atoms with Crippen LogP contribution in [0.5, 0.6) is 11.5 Å². The summed E-state index contributed by atoms with van der Waals surface area (Å²) in [7, 11) is 0. The average molecular weight is 531 g/mol. The maximum absolute atomic E-state index is 13.2. The molecular formula is C34H46N2O3. The summed E-state index contributed by atoms with van der Waals surface area (Å²) in [6.07, 6.45) is 17.0. The highest BCUT2D eigenvalue weighted by Crippen LogP contribution is 2.25. The first-order chi connectivity index (χ1) is 18.7. The SMILES string of the molecule is CC(C)=CCCC(C)=CCOc1ccc(OCC=C(C)CCC=C(C)C)c(C(=O)NCCc2ccncc2)c1. The van der Waals surface area contributed by atoms with Gasteiger partial charge in [-0.1, -0.05) is 34.4 Å². The van der Waals surface area contributed by atoms with Gasteiger partial charge in [0.15, 0.2) is 0 Å². The Kier molecular flexibility index (Phi) is 14.5. The van der Waals surface area contributed by atoms with Crippen molar-refractivity contribution in [3.63, 3.8) is 0 Å². The molecule has 0 aliphatic heterocycles. The van der Waals surface area contributed by atoms with E-state index in [2.05, 4.69) is 76.1 Å². The van der Waals surface area contributed by atoms with Gasteiger partial charge >= 0.3 is 0 Å². The van der Waals surface area contributed by atoms with Crippen molar-refractivity contribution in [2.45, 2.75) is 73.6 Å². The van der Waals surface area contributed by atoms with Gasteiger partial charge in [-0.3, -0.25) is 9.78 Å². The third-order valence-corrected chi connectivity index (χ3v) is 6.18. The number of nitrogens with one attached hydrogen (secondary N) is 1. The summed E-state index contributed by atoms with van der Waals surface area (Å²) in [6, 6.07) is 9.37. The number of carbonyl (C=O) groups is 1. The number of ether oxygens (including phenoxy) is 2. The van der Waals surface area contributed by atoms with Gasteiger partial charge in [0.1, 0.15) is 24.7 Å². The van der Waals surface area contributed by atoms with Crippen molar-refractivity contribution < 1.29 is 14.3 Å². The zero-order valence-electron chi connectivity index (χ0n) is 24.7. The van der Waals surface area contributed by atoms with Crippen LogP contribution >= 0.6 is 0 Å². The molecule has 0 atom stereocenters. The molecule has 0 spiro atoms. The van der Waals surface area contributed by atoms with Crippen molar-refractivity contribution in [3.05, 3.63) is 100 Å². The van der Waals surface area contributed by atoms with Crippen LogP contribution < -0.4 is 14.8 Å². The molecule has 2 aromatic rings. The normalized spacial score (nSPS) is 11.5. The summed E-state index contributed by atoms with van der Waals surface area (Å²) in [4.78, 5) is 17.2. The topological polar surface area (TPSA) is 60.5 Å². The van der Waals surface area contributed by atoms with Gasteiger partial charge in [0.05, 0.1) is 5.56 Å². The third-order valence-electron chi connectivity index (χ3n) is 6.18. The molecule has 0 radical (unpaired) electrons. The van der Waals surface area contributed by atoms with Gasteiger partial charge in [0.25, 0.3) is 5.91 Å². The van der Waals surface area contributed by atoms with Crippen LogP contribution in [0.1, 0.15) is 83.1 Å². The Labute approximate surface area is 235 Å². The van der Waals surface area contributed by atoms with E-state index in [1.54, 1.807) is 18.5 Å². The fraction of sp³-hybridized carbons (Fsp3) is 0.412. The Morgan fingerprint density at radius 3 is 1.97 bits per heavy atom. The van der Waals surface area contributed by atoms with Crippen molar-refractivity contribution in [1.82, 2.24) is 10.3 Å². The van der Waals surface area contributed by atoms with Crippen molar-refractivity contribution in [2.75, 3.05) is 19.8 Å². The lowest BCUT2D eigenvalue weighted by atomic mass is 10.1. The molecule has 0 saturated carbocycles. The summed E-state index contributed by atoms with van der Waals surface area (Å²) in [5, 5.41) is 3.03. The Morgan fingerprint density at radius 2 is 1.38 bits per heavy atom. The van der Waals surface area contributed by atoms with Crippen LogP contribution in [0, 0.1) is 0 Å². The highest BCUT2D eigenvalue weighted by molar-refractivity contribution is 5.97. The highest BCUT2D eigenvalue weighted by atomic mass is 16.5. The van der Waals surface area contributed by atoms with Gasteiger partial charge < -0.3 is 14.8 Å². The third kappa shape index (κ3) is 13.7. The maximum atomic E-state index is 13.2. The lowest BCUT2D eigenvalue weighted by Gasteiger charge is -2.13. The summed E-state index contributed by atoms with van der Waals surface area (Å²) in [6.45, 7) is 14.1. The molecule has 0 aliphatic rings. The first kappa shape index (κ1) is 31.6. The van der Waals surface area contributed by atoms with Gasteiger partial charge in [-0.25, -0.2) is 0 Å². The van der Waals surface area contributed by atoms with E-state index in [0.29, 0.717) is 36.8 Å². The van der Waals surface area contributed by atoms with Crippen LogP contribution in [0.3, 0.4) is 0 Å².